The van der Waals surface area contributed by atoms with Crippen LogP contribution in [0.4, 0.5) is 4.39 Å². The molecule has 0 fully saturated rings. The van der Waals surface area contributed by atoms with Crippen LogP contribution in [0.2, 0.25) is 0 Å². The average molecular weight is 383 g/mol. The predicted molar refractivity (Wildman–Crippen MR) is 102 cm³/mol. The van der Waals surface area contributed by atoms with Gasteiger partial charge in [-0.05, 0) is 24.1 Å². The Kier molecular flexibility index (Phi) is 5.81. The number of aryl methyl sites for hydroxylation is 1. The van der Waals surface area contributed by atoms with Gasteiger partial charge in [0.05, 0.1) is 18.1 Å². The molecular weight excluding hydrogens is 361 g/mol. The molecule has 6 nitrogen and oxygen atoms in total. The first-order valence-corrected chi connectivity index (χ1v) is 9.10. The molecule has 0 spiro atoms. The number of rotatable bonds is 6. The van der Waals surface area contributed by atoms with Crippen LogP contribution in [0.25, 0.3) is 0 Å². The van der Waals surface area contributed by atoms with Crippen molar-refractivity contribution in [3.63, 3.8) is 0 Å². The summed E-state index contributed by atoms with van der Waals surface area (Å²) < 4.78 is 25.9. The van der Waals surface area contributed by atoms with Crippen molar-refractivity contribution in [2.75, 3.05) is 13.7 Å². The molecule has 0 saturated carbocycles. The van der Waals surface area contributed by atoms with Crippen LogP contribution in [0.1, 0.15) is 36.1 Å². The number of aromatic nitrogens is 1. The predicted octanol–water partition coefficient (Wildman–Crippen LogP) is 2.80. The Morgan fingerprint density at radius 2 is 2.07 bits per heavy atom. The van der Waals surface area contributed by atoms with Gasteiger partial charge in [0.15, 0.2) is 0 Å². The second-order valence-electron chi connectivity index (χ2n) is 6.59. The number of benzene rings is 1. The number of fused-ring (bicyclic) bond motifs is 1. The molecule has 2 aromatic rings. The molecule has 28 heavy (non-hydrogen) atoms. The van der Waals surface area contributed by atoms with Gasteiger partial charge < -0.3 is 19.8 Å². The highest BCUT2D eigenvalue weighted by atomic mass is 19.1. The van der Waals surface area contributed by atoms with Crippen LogP contribution in [0.5, 0.6) is 5.75 Å². The summed E-state index contributed by atoms with van der Waals surface area (Å²) in [5.41, 5.74) is 7.61. The Labute approximate surface area is 162 Å². The number of nitrogens with two attached hydrogens (primary N) is 1. The summed E-state index contributed by atoms with van der Waals surface area (Å²) >= 11 is 0. The first kappa shape index (κ1) is 19.6. The van der Waals surface area contributed by atoms with Gasteiger partial charge in [-0.3, -0.25) is 4.79 Å². The molecule has 1 aliphatic heterocycles. The summed E-state index contributed by atoms with van der Waals surface area (Å²) in [6, 6.07) is 9.55. The van der Waals surface area contributed by atoms with Crippen LogP contribution in [0.3, 0.4) is 0 Å². The largest absolute Gasteiger partial charge is 0.440 e. The molecule has 0 saturated heterocycles. The first-order valence-electron chi connectivity index (χ1n) is 9.10. The average Bonchev–Trinajstić information content (AvgIpc) is 2.67. The lowest BCUT2D eigenvalue weighted by atomic mass is 9.84. The number of nitriles is 1. The van der Waals surface area contributed by atoms with E-state index in [1.807, 2.05) is 6.92 Å². The molecule has 1 atom stereocenters. The van der Waals surface area contributed by atoms with E-state index in [0.717, 1.165) is 12.1 Å². The van der Waals surface area contributed by atoms with Crippen molar-refractivity contribution in [1.29, 1.82) is 5.26 Å². The normalized spacial score (nSPS) is 15.7. The van der Waals surface area contributed by atoms with Crippen molar-refractivity contribution in [3.8, 4) is 11.8 Å². The van der Waals surface area contributed by atoms with E-state index in [2.05, 4.69) is 6.07 Å². The monoisotopic (exact) mass is 383 g/mol. The zero-order valence-electron chi connectivity index (χ0n) is 15.9. The minimum absolute atomic E-state index is 0.0409. The molecule has 0 radical (unpaired) electrons. The number of ether oxygens (including phenoxy) is 2. The number of hydrogen-bond acceptors (Lipinski definition) is 5. The molecule has 1 aromatic carbocycles. The minimum atomic E-state index is -0.716. The lowest BCUT2D eigenvalue weighted by molar-refractivity contribution is 0.185. The third kappa shape index (κ3) is 3.51. The van der Waals surface area contributed by atoms with Crippen LogP contribution in [0, 0.1) is 17.1 Å². The maximum absolute atomic E-state index is 13.4. The Hall–Kier alpha value is -3.11. The number of halogens is 1. The van der Waals surface area contributed by atoms with Gasteiger partial charge in [0.25, 0.3) is 5.56 Å². The fourth-order valence-electron chi connectivity index (χ4n) is 3.50. The highest BCUT2D eigenvalue weighted by molar-refractivity contribution is 5.55. The zero-order chi connectivity index (χ0) is 20.3. The van der Waals surface area contributed by atoms with Gasteiger partial charge in [0.2, 0.25) is 5.88 Å². The molecule has 7 heteroatoms. The van der Waals surface area contributed by atoms with Gasteiger partial charge in [0.1, 0.15) is 23.2 Å². The van der Waals surface area contributed by atoms with Gasteiger partial charge >= 0.3 is 0 Å². The highest BCUT2D eigenvalue weighted by Crippen LogP contribution is 2.40. The molecule has 3 rings (SSSR count). The molecule has 1 unspecified atom stereocenters. The second kappa shape index (κ2) is 8.28. The van der Waals surface area contributed by atoms with Crippen molar-refractivity contribution in [3.05, 3.63) is 74.8 Å². The lowest BCUT2D eigenvalue weighted by Gasteiger charge is -2.27. The zero-order valence-corrected chi connectivity index (χ0v) is 15.9. The third-order valence-electron chi connectivity index (χ3n) is 4.80. The molecule has 146 valence electrons. The second-order valence-corrected chi connectivity index (χ2v) is 6.59. The van der Waals surface area contributed by atoms with E-state index in [9.17, 15) is 14.4 Å². The quantitative estimate of drug-likeness (QED) is 0.828. The number of allylic oxidation sites excluding steroid dienone is 1. The van der Waals surface area contributed by atoms with Gasteiger partial charge in [-0.2, -0.15) is 5.26 Å². The van der Waals surface area contributed by atoms with E-state index >= 15 is 0 Å². The number of hydrogen-bond donors (Lipinski definition) is 1. The van der Waals surface area contributed by atoms with E-state index in [1.165, 1.54) is 12.1 Å². The van der Waals surface area contributed by atoms with E-state index in [4.69, 9.17) is 15.2 Å². The van der Waals surface area contributed by atoms with Crippen LogP contribution in [-0.4, -0.2) is 18.3 Å². The summed E-state index contributed by atoms with van der Waals surface area (Å²) in [5, 5.41) is 9.64. The molecule has 0 amide bonds. The SMILES string of the molecule is CCCc1cc2c(c(=O)n1CCOC)C(c1ccc(F)cc1)C(C#N)=C(N)O2. The van der Waals surface area contributed by atoms with Gasteiger partial charge in [0, 0.05) is 25.4 Å². The topological polar surface area (TPSA) is 90.3 Å². The van der Waals surface area contributed by atoms with Crippen molar-refractivity contribution in [2.45, 2.75) is 32.2 Å². The van der Waals surface area contributed by atoms with E-state index < -0.39 is 11.7 Å². The Morgan fingerprint density at radius 3 is 2.68 bits per heavy atom. The summed E-state index contributed by atoms with van der Waals surface area (Å²) in [7, 11) is 1.57. The van der Waals surface area contributed by atoms with E-state index in [-0.39, 0.29) is 17.0 Å². The molecule has 1 aliphatic rings. The molecule has 2 N–H and O–H groups in total. The standard InChI is InChI=1S/C21H22FN3O3/c1-3-4-15-11-17-19(21(26)25(15)9-10-27-2)18(16(12-23)20(24)28-17)13-5-7-14(22)8-6-13/h5-8,11,18H,3-4,9-10,24H2,1-2H3. The van der Waals surface area contributed by atoms with Gasteiger partial charge in [-0.1, -0.05) is 25.5 Å². The highest BCUT2D eigenvalue weighted by Gasteiger charge is 2.34. The summed E-state index contributed by atoms with van der Waals surface area (Å²) in [6.45, 7) is 2.78. The molecular formula is C21H22FN3O3. The van der Waals surface area contributed by atoms with Crippen LogP contribution in [0.15, 0.2) is 46.6 Å². The fourth-order valence-corrected chi connectivity index (χ4v) is 3.50. The van der Waals surface area contributed by atoms with E-state index in [0.29, 0.717) is 36.4 Å². The van der Waals surface area contributed by atoms with Gasteiger partial charge in [-0.15, -0.1) is 0 Å². The summed E-state index contributed by atoms with van der Waals surface area (Å²) in [4.78, 5) is 13.4. The minimum Gasteiger partial charge on any atom is -0.440 e. The smallest absolute Gasteiger partial charge is 0.258 e. The van der Waals surface area contributed by atoms with Gasteiger partial charge in [-0.25, -0.2) is 4.39 Å². The van der Waals surface area contributed by atoms with Crippen molar-refractivity contribution >= 4 is 0 Å². The number of methoxy groups -OCH3 is 1. The molecule has 0 aliphatic carbocycles. The van der Waals surface area contributed by atoms with Crippen molar-refractivity contribution in [1.82, 2.24) is 4.57 Å². The van der Waals surface area contributed by atoms with Crippen LogP contribution < -0.4 is 16.0 Å². The Balaban J connectivity index is 2.26. The molecule has 2 heterocycles. The maximum Gasteiger partial charge on any atom is 0.258 e. The van der Waals surface area contributed by atoms with E-state index in [1.54, 1.807) is 29.9 Å². The number of nitrogens with zero attached hydrogens (tertiary/aromatic N) is 2. The van der Waals surface area contributed by atoms with Crippen molar-refractivity contribution < 1.29 is 13.9 Å². The maximum atomic E-state index is 13.4. The molecule has 0 bridgehead atoms. The summed E-state index contributed by atoms with van der Waals surface area (Å²) in [6.07, 6.45) is 1.53. The van der Waals surface area contributed by atoms with Crippen molar-refractivity contribution in [2.24, 2.45) is 5.73 Å². The van der Waals surface area contributed by atoms with Crippen LogP contribution >= 0.6 is 0 Å². The summed E-state index contributed by atoms with van der Waals surface area (Å²) in [5.74, 6) is -0.817. The Bertz CT molecular complexity index is 1000. The fraction of sp³-hybridized carbons (Fsp3) is 0.333. The first-order chi connectivity index (χ1) is 13.5. The third-order valence-corrected chi connectivity index (χ3v) is 4.80. The van der Waals surface area contributed by atoms with Crippen LogP contribution in [-0.2, 0) is 17.7 Å². The lowest BCUT2D eigenvalue weighted by Crippen LogP contribution is -2.34. The molecule has 1 aromatic heterocycles. The number of pyridine rings is 1. The Morgan fingerprint density at radius 1 is 1.36 bits per heavy atom.